The van der Waals surface area contributed by atoms with Crippen molar-refractivity contribution in [2.75, 3.05) is 0 Å². The molecule has 1 aromatic heterocycles. The number of carbonyl (C=O) groups excluding carboxylic acids is 1. The van der Waals surface area contributed by atoms with E-state index < -0.39 is 11.9 Å². The third-order valence-electron chi connectivity index (χ3n) is 2.40. The van der Waals surface area contributed by atoms with Gasteiger partial charge in [0.25, 0.3) is 0 Å². The first-order valence-electron chi connectivity index (χ1n) is 4.82. The van der Waals surface area contributed by atoms with Gasteiger partial charge in [-0.15, -0.1) is 0 Å². The first-order chi connectivity index (χ1) is 7.56. The van der Waals surface area contributed by atoms with Crippen LogP contribution in [0.15, 0.2) is 23.0 Å². The van der Waals surface area contributed by atoms with Crippen LogP contribution in [-0.4, -0.2) is 21.9 Å². The third kappa shape index (κ3) is 1.96. The lowest BCUT2D eigenvalue weighted by Crippen LogP contribution is -2.38. The van der Waals surface area contributed by atoms with Crippen LogP contribution in [0.25, 0.3) is 11.0 Å². The number of amides is 1. The van der Waals surface area contributed by atoms with Crippen molar-refractivity contribution in [3.63, 3.8) is 0 Å². The molecule has 0 aliphatic carbocycles. The number of aromatic amines is 2. The van der Waals surface area contributed by atoms with Crippen LogP contribution in [0.3, 0.4) is 0 Å². The number of imidazole rings is 1. The molecule has 84 valence electrons. The van der Waals surface area contributed by atoms with E-state index in [1.54, 1.807) is 18.2 Å². The summed E-state index contributed by atoms with van der Waals surface area (Å²) in [5, 5.41) is 0. The van der Waals surface area contributed by atoms with Crippen molar-refractivity contribution in [2.24, 2.45) is 11.5 Å². The predicted molar refractivity (Wildman–Crippen MR) is 59.8 cm³/mol. The minimum Gasteiger partial charge on any atom is -0.368 e. The lowest BCUT2D eigenvalue weighted by Gasteiger charge is -2.06. The van der Waals surface area contributed by atoms with Crippen LogP contribution in [0, 0.1) is 0 Å². The van der Waals surface area contributed by atoms with Crippen molar-refractivity contribution in [3.8, 4) is 0 Å². The molecule has 6 heteroatoms. The highest BCUT2D eigenvalue weighted by molar-refractivity contribution is 5.80. The quantitative estimate of drug-likeness (QED) is 0.543. The van der Waals surface area contributed by atoms with Crippen LogP contribution in [0.4, 0.5) is 0 Å². The van der Waals surface area contributed by atoms with Crippen LogP contribution < -0.4 is 17.2 Å². The largest absolute Gasteiger partial charge is 0.368 e. The van der Waals surface area contributed by atoms with Crippen LogP contribution in [0.5, 0.6) is 0 Å². The molecular weight excluding hydrogens is 208 g/mol. The van der Waals surface area contributed by atoms with Gasteiger partial charge >= 0.3 is 5.69 Å². The summed E-state index contributed by atoms with van der Waals surface area (Å²) in [7, 11) is 0. The molecule has 0 radical (unpaired) electrons. The van der Waals surface area contributed by atoms with Crippen molar-refractivity contribution in [3.05, 3.63) is 34.2 Å². The number of rotatable bonds is 3. The van der Waals surface area contributed by atoms with Gasteiger partial charge in [-0.25, -0.2) is 4.79 Å². The second kappa shape index (κ2) is 3.82. The Balaban J connectivity index is 2.32. The summed E-state index contributed by atoms with van der Waals surface area (Å²) >= 11 is 0. The standard InChI is InChI=1S/C10H12N4O2/c11-6(9(12)15)3-5-1-2-7-8(4-5)14-10(16)13-7/h1-2,4,6H,3,11H2,(H2,12,15)(H2,13,14,16). The zero-order valence-corrected chi connectivity index (χ0v) is 8.49. The lowest BCUT2D eigenvalue weighted by atomic mass is 10.1. The summed E-state index contributed by atoms with van der Waals surface area (Å²) in [6.07, 6.45) is 0.360. The number of hydrogen-bond donors (Lipinski definition) is 4. The highest BCUT2D eigenvalue weighted by atomic mass is 16.1. The predicted octanol–water partition coefficient (Wildman–Crippen LogP) is -0.789. The Kier molecular flexibility index (Phi) is 2.49. The molecule has 0 saturated carbocycles. The summed E-state index contributed by atoms with van der Waals surface area (Å²) in [6, 6.07) is 4.63. The number of nitrogens with one attached hydrogen (secondary N) is 2. The van der Waals surface area contributed by atoms with Crippen LogP contribution >= 0.6 is 0 Å². The molecule has 0 spiro atoms. The van der Waals surface area contributed by atoms with Gasteiger partial charge in [-0.2, -0.15) is 0 Å². The molecule has 0 aliphatic heterocycles. The fraction of sp³-hybridized carbons (Fsp3) is 0.200. The molecule has 1 amide bonds. The Hall–Kier alpha value is -2.08. The first-order valence-corrected chi connectivity index (χ1v) is 4.82. The molecule has 2 rings (SSSR count). The van der Waals surface area contributed by atoms with E-state index >= 15 is 0 Å². The molecule has 0 fully saturated rings. The molecule has 0 bridgehead atoms. The molecule has 1 aromatic carbocycles. The highest BCUT2D eigenvalue weighted by Gasteiger charge is 2.10. The van der Waals surface area contributed by atoms with Gasteiger partial charge < -0.3 is 21.4 Å². The van der Waals surface area contributed by atoms with Crippen LogP contribution in [-0.2, 0) is 11.2 Å². The number of nitrogens with two attached hydrogens (primary N) is 2. The Bertz CT molecular complexity index is 584. The van der Waals surface area contributed by atoms with Gasteiger partial charge in [-0.05, 0) is 24.1 Å². The molecule has 1 heterocycles. The van der Waals surface area contributed by atoms with E-state index in [1.807, 2.05) is 0 Å². The van der Waals surface area contributed by atoms with Crippen molar-refractivity contribution in [2.45, 2.75) is 12.5 Å². The number of H-pyrrole nitrogens is 2. The second-order valence-electron chi connectivity index (χ2n) is 3.67. The molecule has 0 saturated heterocycles. The fourth-order valence-corrected chi connectivity index (χ4v) is 1.56. The van der Waals surface area contributed by atoms with E-state index in [4.69, 9.17) is 11.5 Å². The van der Waals surface area contributed by atoms with E-state index in [1.165, 1.54) is 0 Å². The minimum absolute atomic E-state index is 0.258. The number of hydrogen-bond acceptors (Lipinski definition) is 3. The van der Waals surface area contributed by atoms with Gasteiger partial charge in [-0.3, -0.25) is 4.79 Å². The number of benzene rings is 1. The van der Waals surface area contributed by atoms with Crippen LogP contribution in [0.1, 0.15) is 5.56 Å². The smallest absolute Gasteiger partial charge is 0.323 e. The Morgan fingerprint density at radius 3 is 2.69 bits per heavy atom. The molecule has 1 unspecified atom stereocenters. The summed E-state index contributed by atoms with van der Waals surface area (Å²) < 4.78 is 0. The molecule has 0 aliphatic rings. The molecule has 2 aromatic rings. The summed E-state index contributed by atoms with van der Waals surface area (Å²) in [4.78, 5) is 27.1. The van der Waals surface area contributed by atoms with Crippen molar-refractivity contribution < 1.29 is 4.79 Å². The van der Waals surface area contributed by atoms with Crippen molar-refractivity contribution in [1.29, 1.82) is 0 Å². The van der Waals surface area contributed by atoms with Crippen molar-refractivity contribution >= 4 is 16.9 Å². The zero-order chi connectivity index (χ0) is 11.7. The fourth-order valence-electron chi connectivity index (χ4n) is 1.56. The molecule has 16 heavy (non-hydrogen) atoms. The van der Waals surface area contributed by atoms with E-state index in [2.05, 4.69) is 9.97 Å². The average molecular weight is 220 g/mol. The summed E-state index contributed by atoms with van der Waals surface area (Å²) in [5.41, 5.74) is 12.6. The lowest BCUT2D eigenvalue weighted by molar-refractivity contribution is -0.119. The van der Waals surface area contributed by atoms with E-state index in [0.717, 1.165) is 11.1 Å². The molecule has 6 nitrogen and oxygen atoms in total. The van der Waals surface area contributed by atoms with Gasteiger partial charge in [0.1, 0.15) is 0 Å². The van der Waals surface area contributed by atoms with Gasteiger partial charge in [0, 0.05) is 0 Å². The molecule has 1 atom stereocenters. The van der Waals surface area contributed by atoms with Crippen LogP contribution in [0.2, 0.25) is 0 Å². The average Bonchev–Trinajstić information content (AvgIpc) is 2.57. The van der Waals surface area contributed by atoms with Gasteiger partial charge in [0.15, 0.2) is 0 Å². The minimum atomic E-state index is -0.705. The third-order valence-corrected chi connectivity index (χ3v) is 2.40. The van der Waals surface area contributed by atoms with Gasteiger partial charge in [-0.1, -0.05) is 6.07 Å². The maximum atomic E-state index is 11.0. The highest BCUT2D eigenvalue weighted by Crippen LogP contribution is 2.11. The van der Waals surface area contributed by atoms with E-state index in [0.29, 0.717) is 11.9 Å². The number of fused-ring (bicyclic) bond motifs is 1. The Morgan fingerprint density at radius 1 is 1.31 bits per heavy atom. The topological polar surface area (TPSA) is 118 Å². The Morgan fingerprint density at radius 2 is 2.00 bits per heavy atom. The molecular formula is C10H12N4O2. The zero-order valence-electron chi connectivity index (χ0n) is 8.49. The Labute approximate surface area is 90.6 Å². The summed E-state index contributed by atoms with van der Waals surface area (Å²) in [5.74, 6) is -0.539. The summed E-state index contributed by atoms with van der Waals surface area (Å²) in [6.45, 7) is 0. The maximum absolute atomic E-state index is 11.0. The second-order valence-corrected chi connectivity index (χ2v) is 3.67. The monoisotopic (exact) mass is 220 g/mol. The van der Waals surface area contributed by atoms with Gasteiger partial charge in [0.05, 0.1) is 17.1 Å². The van der Waals surface area contributed by atoms with E-state index in [9.17, 15) is 9.59 Å². The molecule has 6 N–H and O–H groups in total. The normalized spacial score (nSPS) is 12.8. The van der Waals surface area contributed by atoms with E-state index in [-0.39, 0.29) is 5.69 Å². The number of primary amides is 1. The SMILES string of the molecule is NC(=O)C(N)Cc1ccc2[nH]c(=O)[nH]c2c1. The number of aromatic nitrogens is 2. The maximum Gasteiger partial charge on any atom is 0.323 e. The number of carbonyl (C=O) groups is 1. The van der Waals surface area contributed by atoms with Crippen molar-refractivity contribution in [1.82, 2.24) is 9.97 Å². The van der Waals surface area contributed by atoms with Gasteiger partial charge in [0.2, 0.25) is 5.91 Å². The first kappa shape index (κ1) is 10.4.